The fourth-order valence-electron chi connectivity index (χ4n) is 1.70. The number of aromatic nitrogens is 1. The Hall–Kier alpha value is -2.81. The van der Waals surface area contributed by atoms with Gasteiger partial charge in [-0.1, -0.05) is 11.3 Å². The predicted octanol–water partition coefficient (Wildman–Crippen LogP) is 2.10. The smallest absolute Gasteiger partial charge is 0.283 e. The number of hydrogen-bond acceptors (Lipinski definition) is 7. The normalized spacial score (nSPS) is 11.3. The summed E-state index contributed by atoms with van der Waals surface area (Å²) in [5.41, 5.74) is 9.70. The number of rotatable bonds is 4. The standard InChI is InChI=1S/C13H13N5O3S/c1-7(9-3-5-10(6-4-9)18(20)21)16-17-12(19)11-8(2)15-13(14)22-11/h3-6H,1-2H3,(H2,14,15)(H,17,19)/b16-7+. The van der Waals surface area contributed by atoms with Crippen LogP contribution < -0.4 is 11.2 Å². The van der Waals surface area contributed by atoms with E-state index in [-0.39, 0.29) is 5.69 Å². The van der Waals surface area contributed by atoms with E-state index in [0.29, 0.717) is 27.0 Å². The maximum Gasteiger partial charge on any atom is 0.283 e. The molecule has 0 bridgehead atoms. The van der Waals surface area contributed by atoms with Crippen molar-refractivity contribution in [3.63, 3.8) is 0 Å². The van der Waals surface area contributed by atoms with Crippen LogP contribution in [0.4, 0.5) is 10.8 Å². The number of non-ortho nitro benzene ring substituents is 1. The Morgan fingerprint density at radius 2 is 2.05 bits per heavy atom. The molecule has 114 valence electrons. The van der Waals surface area contributed by atoms with Gasteiger partial charge in [0.2, 0.25) is 0 Å². The molecule has 0 unspecified atom stereocenters. The summed E-state index contributed by atoms with van der Waals surface area (Å²) in [5.74, 6) is -0.395. The second kappa shape index (κ2) is 6.31. The fourth-order valence-corrected chi connectivity index (χ4v) is 2.43. The van der Waals surface area contributed by atoms with Gasteiger partial charge in [0.25, 0.3) is 11.6 Å². The molecule has 0 aliphatic carbocycles. The minimum atomic E-state index is -0.477. The van der Waals surface area contributed by atoms with Crippen LogP contribution in [0.15, 0.2) is 29.4 Å². The van der Waals surface area contributed by atoms with Crippen molar-refractivity contribution in [2.24, 2.45) is 5.10 Å². The highest BCUT2D eigenvalue weighted by Gasteiger charge is 2.13. The van der Waals surface area contributed by atoms with Crippen LogP contribution in [-0.2, 0) is 0 Å². The number of nitrogen functional groups attached to an aromatic ring is 1. The summed E-state index contributed by atoms with van der Waals surface area (Å²) in [6, 6.07) is 5.90. The van der Waals surface area contributed by atoms with E-state index in [2.05, 4.69) is 15.5 Å². The van der Waals surface area contributed by atoms with E-state index < -0.39 is 10.8 Å². The predicted molar refractivity (Wildman–Crippen MR) is 84.0 cm³/mol. The molecule has 9 heteroatoms. The number of nitrogens with one attached hydrogen (secondary N) is 1. The third kappa shape index (κ3) is 3.44. The molecule has 0 aliphatic rings. The second-order valence-corrected chi connectivity index (χ2v) is 5.44. The number of anilines is 1. The van der Waals surface area contributed by atoms with E-state index in [9.17, 15) is 14.9 Å². The SMILES string of the molecule is C/C(=N\NC(=O)c1sc(N)nc1C)c1ccc([N+](=O)[O-])cc1. The number of aryl methyl sites for hydroxylation is 1. The number of nitro benzene ring substituents is 1. The number of hydrogen-bond donors (Lipinski definition) is 2. The molecule has 2 rings (SSSR count). The summed E-state index contributed by atoms with van der Waals surface area (Å²) in [4.78, 5) is 26.4. The molecule has 22 heavy (non-hydrogen) atoms. The number of benzene rings is 1. The number of thiazole rings is 1. The molecule has 0 atom stereocenters. The molecule has 3 N–H and O–H groups in total. The maximum atomic E-state index is 12.0. The minimum Gasteiger partial charge on any atom is -0.375 e. The number of hydrazone groups is 1. The number of carbonyl (C=O) groups excluding carboxylic acids is 1. The van der Waals surface area contributed by atoms with Gasteiger partial charge >= 0.3 is 0 Å². The van der Waals surface area contributed by atoms with Gasteiger partial charge in [-0.25, -0.2) is 10.4 Å². The number of nitrogens with two attached hydrogens (primary N) is 1. The van der Waals surface area contributed by atoms with Crippen molar-refractivity contribution < 1.29 is 9.72 Å². The molecule has 1 heterocycles. The van der Waals surface area contributed by atoms with Crippen molar-refractivity contribution in [3.8, 4) is 0 Å². The molecule has 0 saturated heterocycles. The molecule has 2 aromatic rings. The summed E-state index contributed by atoms with van der Waals surface area (Å²) in [5, 5.41) is 14.9. The van der Waals surface area contributed by atoms with Crippen LogP contribution in [-0.4, -0.2) is 21.5 Å². The zero-order valence-electron chi connectivity index (χ0n) is 11.9. The van der Waals surface area contributed by atoms with Crippen LogP contribution in [0, 0.1) is 17.0 Å². The summed E-state index contributed by atoms with van der Waals surface area (Å²) >= 11 is 1.09. The maximum absolute atomic E-state index is 12.0. The van der Waals surface area contributed by atoms with Crippen LogP contribution in [0.2, 0.25) is 0 Å². The van der Waals surface area contributed by atoms with Gasteiger partial charge < -0.3 is 5.73 Å². The third-order valence-corrected chi connectivity index (χ3v) is 3.83. The molecule has 1 aromatic carbocycles. The van der Waals surface area contributed by atoms with Gasteiger partial charge in [-0.2, -0.15) is 5.10 Å². The van der Waals surface area contributed by atoms with Gasteiger partial charge in [0.15, 0.2) is 5.13 Å². The van der Waals surface area contributed by atoms with Crippen molar-refractivity contribution in [2.75, 3.05) is 5.73 Å². The van der Waals surface area contributed by atoms with Gasteiger partial charge in [-0.3, -0.25) is 14.9 Å². The van der Waals surface area contributed by atoms with Crippen molar-refractivity contribution in [2.45, 2.75) is 13.8 Å². The van der Waals surface area contributed by atoms with Crippen molar-refractivity contribution >= 4 is 33.8 Å². The minimum absolute atomic E-state index is 0.00338. The summed E-state index contributed by atoms with van der Waals surface area (Å²) in [6.07, 6.45) is 0. The Kier molecular flexibility index (Phi) is 4.47. The molecule has 0 aliphatic heterocycles. The van der Waals surface area contributed by atoms with Gasteiger partial charge in [0.1, 0.15) is 4.88 Å². The van der Waals surface area contributed by atoms with Crippen molar-refractivity contribution in [1.82, 2.24) is 10.4 Å². The van der Waals surface area contributed by atoms with E-state index in [1.54, 1.807) is 26.0 Å². The van der Waals surface area contributed by atoms with E-state index >= 15 is 0 Å². The first-order chi connectivity index (χ1) is 10.4. The first kappa shape index (κ1) is 15.6. The highest BCUT2D eigenvalue weighted by Crippen LogP contribution is 2.19. The van der Waals surface area contributed by atoms with Gasteiger partial charge in [0.05, 0.1) is 16.3 Å². The average molecular weight is 319 g/mol. The van der Waals surface area contributed by atoms with E-state index in [1.165, 1.54) is 12.1 Å². The molecule has 1 aromatic heterocycles. The lowest BCUT2D eigenvalue weighted by molar-refractivity contribution is -0.384. The van der Waals surface area contributed by atoms with E-state index in [0.717, 1.165) is 11.3 Å². The largest absolute Gasteiger partial charge is 0.375 e. The molecule has 0 saturated carbocycles. The summed E-state index contributed by atoms with van der Waals surface area (Å²) in [7, 11) is 0. The highest BCUT2D eigenvalue weighted by molar-refractivity contribution is 7.17. The Labute approximate surface area is 129 Å². The van der Waals surface area contributed by atoms with Crippen LogP contribution >= 0.6 is 11.3 Å². The number of nitrogens with zero attached hydrogens (tertiary/aromatic N) is 3. The molecular formula is C13H13N5O3S. The Balaban J connectivity index is 2.10. The van der Waals surface area contributed by atoms with Crippen molar-refractivity contribution in [1.29, 1.82) is 0 Å². The van der Waals surface area contributed by atoms with E-state index in [1.807, 2.05) is 0 Å². The molecule has 8 nitrogen and oxygen atoms in total. The summed E-state index contributed by atoms with van der Waals surface area (Å²) in [6.45, 7) is 3.38. The molecule has 1 amide bonds. The van der Waals surface area contributed by atoms with Crippen LogP contribution in [0.5, 0.6) is 0 Å². The number of carbonyl (C=O) groups is 1. The fraction of sp³-hybridized carbons (Fsp3) is 0.154. The van der Waals surface area contributed by atoms with Crippen LogP contribution in [0.3, 0.4) is 0 Å². The molecule has 0 spiro atoms. The molecular weight excluding hydrogens is 306 g/mol. The third-order valence-electron chi connectivity index (χ3n) is 2.84. The van der Waals surface area contributed by atoms with Crippen molar-refractivity contribution in [3.05, 3.63) is 50.5 Å². The Morgan fingerprint density at radius 1 is 1.41 bits per heavy atom. The first-order valence-electron chi connectivity index (χ1n) is 6.21. The summed E-state index contributed by atoms with van der Waals surface area (Å²) < 4.78 is 0. The molecule has 0 radical (unpaired) electrons. The second-order valence-electron chi connectivity index (χ2n) is 4.41. The zero-order chi connectivity index (χ0) is 16.3. The van der Waals surface area contributed by atoms with Gasteiger partial charge in [-0.15, -0.1) is 0 Å². The lowest BCUT2D eigenvalue weighted by Crippen LogP contribution is -2.19. The number of amides is 1. The lowest BCUT2D eigenvalue weighted by atomic mass is 10.1. The van der Waals surface area contributed by atoms with Gasteiger partial charge in [0, 0.05) is 12.1 Å². The van der Waals surface area contributed by atoms with Crippen LogP contribution in [0.1, 0.15) is 27.9 Å². The zero-order valence-corrected chi connectivity index (χ0v) is 12.7. The van der Waals surface area contributed by atoms with E-state index in [4.69, 9.17) is 5.73 Å². The lowest BCUT2D eigenvalue weighted by Gasteiger charge is -2.02. The first-order valence-corrected chi connectivity index (χ1v) is 7.02. The Bertz CT molecular complexity index is 752. The topological polar surface area (TPSA) is 124 Å². The number of nitro groups is 1. The van der Waals surface area contributed by atoms with Gasteiger partial charge in [-0.05, 0) is 31.5 Å². The Morgan fingerprint density at radius 3 is 2.55 bits per heavy atom. The quantitative estimate of drug-likeness (QED) is 0.507. The molecule has 0 fully saturated rings. The highest BCUT2D eigenvalue weighted by atomic mass is 32.1. The van der Waals surface area contributed by atoms with Crippen LogP contribution in [0.25, 0.3) is 0 Å². The monoisotopic (exact) mass is 319 g/mol. The average Bonchev–Trinajstić information content (AvgIpc) is 2.83.